The predicted octanol–water partition coefficient (Wildman–Crippen LogP) is 2.28. The minimum absolute atomic E-state index is 0.674. The Balaban J connectivity index is 4.40. The van der Waals surface area contributed by atoms with Gasteiger partial charge in [0.25, 0.3) is 0 Å². The van der Waals surface area contributed by atoms with Gasteiger partial charge in [-0.05, 0) is 41.5 Å². The molecular weight excluding hydrogens is 232 g/mol. The molecule has 0 aliphatic heterocycles. The van der Waals surface area contributed by atoms with Gasteiger partial charge in [-0.3, -0.25) is 0 Å². The van der Waals surface area contributed by atoms with Crippen molar-refractivity contribution in [3.8, 4) is 0 Å². The van der Waals surface area contributed by atoms with Crippen molar-refractivity contribution < 1.29 is 19.1 Å². The van der Waals surface area contributed by atoms with Crippen molar-refractivity contribution in [3.05, 3.63) is 0 Å². The predicted molar refractivity (Wildman–Crippen MR) is 61.3 cm³/mol. The first-order valence-electron chi connectivity index (χ1n) is 5.02. The summed E-state index contributed by atoms with van der Waals surface area (Å²) in [6, 6.07) is 0. The smallest absolute Gasteiger partial charge is 0.336 e. The minimum Gasteiger partial charge on any atom is -0.458 e. The highest BCUT2D eigenvalue weighted by Gasteiger charge is 2.32. The lowest BCUT2D eigenvalue weighted by molar-refractivity contribution is -0.165. The molecule has 0 aliphatic rings. The quantitative estimate of drug-likeness (QED) is 0.429. The van der Waals surface area contributed by atoms with E-state index in [-0.39, 0.29) is 0 Å². The van der Waals surface area contributed by atoms with E-state index in [1.165, 1.54) is 0 Å². The van der Waals surface area contributed by atoms with E-state index in [1.54, 1.807) is 41.5 Å². The largest absolute Gasteiger partial charge is 0.458 e. The van der Waals surface area contributed by atoms with E-state index in [4.69, 9.17) is 21.1 Å². The maximum Gasteiger partial charge on any atom is 0.336 e. The number of carbonyl (C=O) groups is 2. The molecule has 0 bridgehead atoms. The van der Waals surface area contributed by atoms with Crippen molar-refractivity contribution in [3.63, 3.8) is 0 Å². The number of halogens is 1. The van der Waals surface area contributed by atoms with Gasteiger partial charge in [0.05, 0.1) is 0 Å². The Morgan fingerprint density at radius 1 is 0.875 bits per heavy atom. The third kappa shape index (κ3) is 6.67. The Kier molecular flexibility index (Phi) is 4.80. The third-order valence-corrected chi connectivity index (χ3v) is 1.58. The molecule has 16 heavy (non-hydrogen) atoms. The van der Waals surface area contributed by atoms with Gasteiger partial charge in [0.1, 0.15) is 11.2 Å². The van der Waals surface area contributed by atoms with Gasteiger partial charge in [0.15, 0.2) is 0 Å². The molecule has 0 fully saturated rings. The van der Waals surface area contributed by atoms with Crippen LogP contribution in [-0.2, 0) is 19.1 Å². The molecule has 0 aliphatic carbocycles. The first kappa shape index (κ1) is 15.2. The van der Waals surface area contributed by atoms with Gasteiger partial charge < -0.3 is 9.47 Å². The first-order valence-corrected chi connectivity index (χ1v) is 5.46. The Morgan fingerprint density at radius 2 is 1.12 bits per heavy atom. The molecule has 94 valence electrons. The molecule has 0 aromatic heterocycles. The van der Waals surface area contributed by atoms with Crippen molar-refractivity contribution in [2.75, 3.05) is 0 Å². The average molecular weight is 251 g/mol. The van der Waals surface area contributed by atoms with Crippen LogP contribution in [0.5, 0.6) is 0 Å². The van der Waals surface area contributed by atoms with Crippen LogP contribution in [0.1, 0.15) is 41.5 Å². The summed E-state index contributed by atoms with van der Waals surface area (Å²) in [5.41, 5.74) is -1.35. The van der Waals surface area contributed by atoms with Crippen LogP contribution < -0.4 is 0 Å². The molecule has 0 N–H and O–H groups in total. The SMILES string of the molecule is CC(C)(C)OC(=O)C(Cl)C(=O)OC(C)(C)C. The standard InChI is InChI=1S/C11H19ClO4/c1-10(2,3)15-8(13)7(12)9(14)16-11(4,5)6/h7H,1-6H3. The highest BCUT2D eigenvalue weighted by molar-refractivity contribution is 6.40. The van der Waals surface area contributed by atoms with Gasteiger partial charge >= 0.3 is 11.9 Å². The lowest BCUT2D eigenvalue weighted by Gasteiger charge is -2.23. The zero-order valence-corrected chi connectivity index (χ0v) is 11.3. The maximum atomic E-state index is 11.4. The van der Waals surface area contributed by atoms with Gasteiger partial charge in [0, 0.05) is 0 Å². The van der Waals surface area contributed by atoms with Crippen LogP contribution in [0.4, 0.5) is 0 Å². The van der Waals surface area contributed by atoms with Crippen molar-refractivity contribution >= 4 is 23.5 Å². The number of hydrogen-bond acceptors (Lipinski definition) is 4. The number of ether oxygens (including phenoxy) is 2. The maximum absolute atomic E-state index is 11.4. The summed E-state index contributed by atoms with van der Waals surface area (Å²) in [5.74, 6) is -1.58. The summed E-state index contributed by atoms with van der Waals surface area (Å²) in [7, 11) is 0. The Bertz CT molecular complexity index is 245. The average Bonchev–Trinajstić information content (AvgIpc) is 1.96. The van der Waals surface area contributed by atoms with E-state index < -0.39 is 28.5 Å². The van der Waals surface area contributed by atoms with E-state index in [0.29, 0.717) is 0 Å². The fourth-order valence-corrected chi connectivity index (χ4v) is 0.892. The Morgan fingerprint density at radius 3 is 1.31 bits per heavy atom. The van der Waals surface area contributed by atoms with E-state index in [0.717, 1.165) is 0 Å². The number of esters is 2. The van der Waals surface area contributed by atoms with Crippen LogP contribution in [0.3, 0.4) is 0 Å². The van der Waals surface area contributed by atoms with Crippen LogP contribution in [-0.4, -0.2) is 28.5 Å². The van der Waals surface area contributed by atoms with Gasteiger partial charge in [-0.2, -0.15) is 0 Å². The van der Waals surface area contributed by atoms with E-state index in [2.05, 4.69) is 0 Å². The van der Waals surface area contributed by atoms with Crippen LogP contribution in [0, 0.1) is 0 Å². The molecular formula is C11H19ClO4. The van der Waals surface area contributed by atoms with Crippen molar-refractivity contribution in [2.45, 2.75) is 58.1 Å². The summed E-state index contributed by atoms with van der Waals surface area (Å²) in [6.07, 6.45) is 0. The fourth-order valence-electron chi connectivity index (χ4n) is 0.803. The highest BCUT2D eigenvalue weighted by atomic mass is 35.5. The molecule has 5 heteroatoms. The molecule has 0 heterocycles. The molecule has 4 nitrogen and oxygen atoms in total. The van der Waals surface area contributed by atoms with Gasteiger partial charge in [-0.15, -0.1) is 0 Å². The van der Waals surface area contributed by atoms with E-state index in [9.17, 15) is 9.59 Å². The van der Waals surface area contributed by atoms with Gasteiger partial charge in [-0.25, -0.2) is 9.59 Å². The lowest BCUT2D eigenvalue weighted by Crippen LogP contribution is -2.37. The summed E-state index contributed by atoms with van der Waals surface area (Å²) in [6.45, 7) is 10.2. The number of carbonyl (C=O) groups excluding carboxylic acids is 2. The molecule has 0 amide bonds. The molecule has 0 radical (unpaired) electrons. The summed E-state index contributed by atoms with van der Waals surface area (Å²) < 4.78 is 9.93. The van der Waals surface area contributed by atoms with Crippen molar-refractivity contribution in [1.29, 1.82) is 0 Å². The molecule has 0 atom stereocenters. The molecule has 0 unspecified atom stereocenters. The number of rotatable bonds is 2. The fraction of sp³-hybridized carbons (Fsp3) is 0.818. The third-order valence-electron chi connectivity index (χ3n) is 1.23. The molecule has 0 spiro atoms. The van der Waals surface area contributed by atoms with Crippen LogP contribution in [0.15, 0.2) is 0 Å². The second-order valence-corrected chi connectivity index (χ2v) is 5.87. The van der Waals surface area contributed by atoms with Gasteiger partial charge in [0.2, 0.25) is 5.38 Å². The summed E-state index contributed by atoms with van der Waals surface area (Å²) >= 11 is 5.64. The van der Waals surface area contributed by atoms with Crippen molar-refractivity contribution in [1.82, 2.24) is 0 Å². The molecule has 0 saturated carbocycles. The first-order chi connectivity index (χ1) is 6.92. The number of alkyl halides is 1. The lowest BCUT2D eigenvalue weighted by atomic mass is 10.2. The second kappa shape index (κ2) is 5.04. The van der Waals surface area contributed by atoms with Crippen molar-refractivity contribution in [2.24, 2.45) is 0 Å². The Labute approximate surface area is 101 Å². The molecule has 0 rings (SSSR count). The highest BCUT2D eigenvalue weighted by Crippen LogP contribution is 2.15. The Hall–Kier alpha value is -0.770. The topological polar surface area (TPSA) is 52.6 Å². The molecule has 0 aromatic rings. The zero-order valence-electron chi connectivity index (χ0n) is 10.6. The van der Waals surface area contributed by atoms with Crippen LogP contribution in [0.2, 0.25) is 0 Å². The van der Waals surface area contributed by atoms with Crippen LogP contribution >= 0.6 is 11.6 Å². The van der Waals surface area contributed by atoms with Crippen LogP contribution in [0.25, 0.3) is 0 Å². The monoisotopic (exact) mass is 250 g/mol. The normalized spacial score (nSPS) is 12.5. The summed E-state index contributed by atoms with van der Waals surface area (Å²) in [4.78, 5) is 22.9. The molecule has 0 aromatic carbocycles. The van der Waals surface area contributed by atoms with E-state index in [1.807, 2.05) is 0 Å². The van der Waals surface area contributed by atoms with Gasteiger partial charge in [-0.1, -0.05) is 11.6 Å². The minimum atomic E-state index is -1.42. The summed E-state index contributed by atoms with van der Waals surface area (Å²) in [5, 5.41) is -1.42. The number of hydrogen-bond donors (Lipinski definition) is 0. The zero-order chi connectivity index (χ0) is 13.1. The van der Waals surface area contributed by atoms with E-state index >= 15 is 0 Å². The second-order valence-electron chi connectivity index (χ2n) is 5.43. The molecule has 0 saturated heterocycles.